The van der Waals surface area contributed by atoms with Gasteiger partial charge in [-0.2, -0.15) is 5.10 Å². The Morgan fingerprint density at radius 1 is 1.21 bits per heavy atom. The highest BCUT2D eigenvalue weighted by Gasteiger charge is 2.48. The van der Waals surface area contributed by atoms with Crippen LogP contribution >= 0.6 is 0 Å². The molecular formula is C21H31N3O4. The molecule has 154 valence electrons. The van der Waals surface area contributed by atoms with E-state index in [0.717, 1.165) is 11.8 Å². The van der Waals surface area contributed by atoms with Crippen LogP contribution in [-0.4, -0.2) is 39.4 Å². The van der Waals surface area contributed by atoms with Crippen molar-refractivity contribution in [1.82, 2.24) is 15.1 Å². The molecule has 4 bridgehead atoms. The Morgan fingerprint density at radius 2 is 1.86 bits per heavy atom. The normalized spacial score (nSPS) is 30.6. The van der Waals surface area contributed by atoms with Crippen molar-refractivity contribution in [3.05, 3.63) is 11.8 Å². The van der Waals surface area contributed by atoms with Crippen LogP contribution in [0.4, 0.5) is 0 Å². The van der Waals surface area contributed by atoms with Crippen LogP contribution in [0.15, 0.2) is 6.20 Å². The van der Waals surface area contributed by atoms with Gasteiger partial charge in [-0.3, -0.25) is 9.59 Å². The molecule has 0 aromatic carbocycles. The number of carbonyl (C=O) groups excluding carboxylic acids is 1. The van der Waals surface area contributed by atoms with E-state index in [1.165, 1.54) is 43.0 Å². The minimum Gasteiger partial charge on any atom is -0.481 e. The summed E-state index contributed by atoms with van der Waals surface area (Å²) < 4.78 is 7.38. The number of nitrogens with one attached hydrogen (secondary N) is 1. The van der Waals surface area contributed by atoms with Gasteiger partial charge in [-0.25, -0.2) is 4.68 Å². The summed E-state index contributed by atoms with van der Waals surface area (Å²) in [6, 6.07) is 0.251. The van der Waals surface area contributed by atoms with Crippen molar-refractivity contribution in [2.75, 3.05) is 6.61 Å². The Labute approximate surface area is 165 Å². The van der Waals surface area contributed by atoms with Crippen LogP contribution in [0.2, 0.25) is 0 Å². The summed E-state index contributed by atoms with van der Waals surface area (Å²) in [6.07, 6.45) is 7.81. The number of carboxylic acid groups (broad SMARTS) is 1. The lowest BCUT2D eigenvalue weighted by molar-refractivity contribution is -0.137. The molecule has 7 nitrogen and oxygen atoms in total. The maximum Gasteiger partial charge on any atom is 0.305 e. The highest BCUT2D eigenvalue weighted by atomic mass is 16.5. The van der Waals surface area contributed by atoms with Gasteiger partial charge in [0.25, 0.3) is 5.91 Å². The molecule has 1 heterocycles. The zero-order valence-electron chi connectivity index (χ0n) is 16.8. The molecule has 0 spiro atoms. The van der Waals surface area contributed by atoms with E-state index >= 15 is 0 Å². The Hall–Kier alpha value is -2.05. The van der Waals surface area contributed by atoms with E-state index in [4.69, 9.17) is 9.84 Å². The molecule has 7 heteroatoms. The first-order chi connectivity index (χ1) is 13.4. The number of nitrogens with zero attached hydrogens (tertiary/aromatic N) is 2. The van der Waals surface area contributed by atoms with Gasteiger partial charge in [0.1, 0.15) is 5.56 Å². The number of rotatable bonds is 8. The van der Waals surface area contributed by atoms with E-state index in [1.54, 1.807) is 0 Å². The SMILES string of the molecule is CC(C)COc1c(C(=O)NC2C3CC4CC(C3)CC2C4)cnn1CCC(=O)O. The minimum absolute atomic E-state index is 0.0592. The molecular weight excluding hydrogens is 358 g/mol. The zero-order chi connectivity index (χ0) is 19.8. The van der Waals surface area contributed by atoms with Crippen LogP contribution in [0.25, 0.3) is 0 Å². The van der Waals surface area contributed by atoms with Crippen LogP contribution in [0.5, 0.6) is 5.88 Å². The van der Waals surface area contributed by atoms with Crippen molar-refractivity contribution in [1.29, 1.82) is 0 Å². The summed E-state index contributed by atoms with van der Waals surface area (Å²) in [6.45, 7) is 4.71. The molecule has 0 saturated heterocycles. The van der Waals surface area contributed by atoms with Crippen molar-refractivity contribution in [2.24, 2.45) is 29.6 Å². The molecule has 4 saturated carbocycles. The largest absolute Gasteiger partial charge is 0.481 e. The predicted octanol–water partition coefficient (Wildman–Crippen LogP) is 2.95. The Bertz CT molecular complexity index is 714. The molecule has 4 aliphatic carbocycles. The van der Waals surface area contributed by atoms with Gasteiger partial charge in [-0.15, -0.1) is 0 Å². The number of hydrogen-bond donors (Lipinski definition) is 2. The molecule has 1 aromatic rings. The average molecular weight is 389 g/mol. The van der Waals surface area contributed by atoms with E-state index in [2.05, 4.69) is 10.4 Å². The van der Waals surface area contributed by atoms with Crippen LogP contribution < -0.4 is 10.1 Å². The van der Waals surface area contributed by atoms with Gasteiger partial charge in [0, 0.05) is 6.04 Å². The molecule has 4 fully saturated rings. The number of carbonyl (C=O) groups is 2. The zero-order valence-corrected chi connectivity index (χ0v) is 16.8. The van der Waals surface area contributed by atoms with E-state index in [-0.39, 0.29) is 24.9 Å². The van der Waals surface area contributed by atoms with Crippen molar-refractivity contribution in [3.8, 4) is 5.88 Å². The molecule has 0 atom stereocenters. The Kier molecular flexibility index (Phi) is 5.34. The average Bonchev–Trinajstić information content (AvgIpc) is 3.03. The van der Waals surface area contributed by atoms with E-state index < -0.39 is 5.97 Å². The fourth-order valence-electron chi connectivity index (χ4n) is 5.68. The summed E-state index contributed by atoms with van der Waals surface area (Å²) in [5, 5.41) is 16.5. The second-order valence-corrected chi connectivity index (χ2v) is 9.37. The van der Waals surface area contributed by atoms with E-state index in [9.17, 15) is 9.59 Å². The number of hydrogen-bond acceptors (Lipinski definition) is 4. The van der Waals surface area contributed by atoms with Gasteiger partial charge >= 0.3 is 5.97 Å². The number of carboxylic acids is 1. The van der Waals surface area contributed by atoms with Gasteiger partial charge < -0.3 is 15.2 Å². The molecule has 1 aromatic heterocycles. The smallest absolute Gasteiger partial charge is 0.305 e. The highest BCUT2D eigenvalue weighted by molar-refractivity contribution is 5.96. The Balaban J connectivity index is 1.49. The molecule has 0 unspecified atom stereocenters. The maximum atomic E-state index is 13.1. The first-order valence-electron chi connectivity index (χ1n) is 10.6. The van der Waals surface area contributed by atoms with Gasteiger partial charge in [-0.05, 0) is 61.7 Å². The van der Waals surface area contributed by atoms with Gasteiger partial charge in [-0.1, -0.05) is 13.8 Å². The summed E-state index contributed by atoms with van der Waals surface area (Å²) in [5.74, 6) is 2.56. The fraction of sp³-hybridized carbons (Fsp3) is 0.762. The minimum atomic E-state index is -0.898. The molecule has 5 rings (SSSR count). The molecule has 0 aliphatic heterocycles. The van der Waals surface area contributed by atoms with Crippen molar-refractivity contribution < 1.29 is 19.4 Å². The third kappa shape index (κ3) is 3.89. The first-order valence-corrected chi connectivity index (χ1v) is 10.6. The lowest BCUT2D eigenvalue weighted by Crippen LogP contribution is -2.55. The Morgan fingerprint density at radius 3 is 2.43 bits per heavy atom. The second kappa shape index (κ2) is 7.76. The number of aryl methyl sites for hydroxylation is 1. The summed E-state index contributed by atoms with van der Waals surface area (Å²) in [5.41, 5.74) is 0.417. The standard InChI is InChI=1S/C21H31N3O4/c1-12(2)11-28-21-17(10-22-24(21)4-3-18(25)26)20(27)23-19-15-6-13-5-14(8-15)9-16(19)7-13/h10,12-16,19H,3-9,11H2,1-2H3,(H,23,27)(H,25,26). The van der Waals surface area contributed by atoms with Crippen molar-refractivity contribution in [2.45, 2.75) is 65.0 Å². The number of amides is 1. The maximum absolute atomic E-state index is 13.1. The lowest BCUT2D eigenvalue weighted by Gasteiger charge is -2.54. The fourth-order valence-corrected chi connectivity index (χ4v) is 5.68. The predicted molar refractivity (Wildman–Crippen MR) is 103 cm³/mol. The monoisotopic (exact) mass is 389 g/mol. The highest BCUT2D eigenvalue weighted by Crippen LogP contribution is 2.53. The van der Waals surface area contributed by atoms with Crippen LogP contribution in [0.3, 0.4) is 0 Å². The lowest BCUT2D eigenvalue weighted by atomic mass is 9.54. The van der Waals surface area contributed by atoms with E-state index in [1.807, 2.05) is 13.8 Å². The van der Waals surface area contributed by atoms with Crippen molar-refractivity contribution >= 4 is 11.9 Å². The van der Waals surface area contributed by atoms with Gasteiger partial charge in [0.2, 0.25) is 5.88 Å². The first kappa shape index (κ1) is 19.3. The van der Waals surface area contributed by atoms with Gasteiger partial charge in [0.05, 0.1) is 25.8 Å². The number of ether oxygens (including phenoxy) is 1. The molecule has 0 radical (unpaired) electrons. The van der Waals surface area contributed by atoms with Crippen molar-refractivity contribution in [3.63, 3.8) is 0 Å². The third-order valence-electron chi connectivity index (χ3n) is 6.65. The number of aliphatic carboxylic acids is 1. The molecule has 2 N–H and O–H groups in total. The molecule has 28 heavy (non-hydrogen) atoms. The summed E-state index contributed by atoms with van der Waals surface area (Å²) in [4.78, 5) is 24.0. The molecule has 4 aliphatic rings. The number of aromatic nitrogens is 2. The van der Waals surface area contributed by atoms with Gasteiger partial charge in [0.15, 0.2) is 0 Å². The van der Waals surface area contributed by atoms with Crippen LogP contribution in [0.1, 0.15) is 62.7 Å². The topological polar surface area (TPSA) is 93.5 Å². The van der Waals surface area contributed by atoms with E-state index in [0.29, 0.717) is 35.8 Å². The summed E-state index contributed by atoms with van der Waals surface area (Å²) in [7, 11) is 0. The van der Waals surface area contributed by atoms with Crippen LogP contribution in [-0.2, 0) is 11.3 Å². The quantitative estimate of drug-likeness (QED) is 0.713. The third-order valence-corrected chi connectivity index (χ3v) is 6.65. The molecule has 1 amide bonds. The second-order valence-electron chi connectivity index (χ2n) is 9.37. The summed E-state index contributed by atoms with van der Waals surface area (Å²) >= 11 is 0. The van der Waals surface area contributed by atoms with Crippen LogP contribution in [0, 0.1) is 29.6 Å².